The van der Waals surface area contributed by atoms with Crippen molar-refractivity contribution in [3.8, 4) is 0 Å². The van der Waals surface area contributed by atoms with E-state index in [0.29, 0.717) is 12.4 Å². The molecule has 3 nitrogen and oxygen atoms in total. The average Bonchev–Trinajstić information content (AvgIpc) is 2.79. The Balaban J connectivity index is 2.12. The summed E-state index contributed by atoms with van der Waals surface area (Å²) in [7, 11) is 0. The fourth-order valence-electron chi connectivity index (χ4n) is 2.27. The van der Waals surface area contributed by atoms with Crippen molar-refractivity contribution in [2.45, 2.75) is 19.3 Å². The lowest BCUT2D eigenvalue weighted by Gasteiger charge is -2.07. The molecule has 0 aliphatic heterocycles. The van der Waals surface area contributed by atoms with Crippen LogP contribution < -0.4 is 0 Å². The zero-order valence-corrected chi connectivity index (χ0v) is 13.3. The van der Waals surface area contributed by atoms with Crippen LogP contribution in [0.15, 0.2) is 41.0 Å². The van der Waals surface area contributed by atoms with Gasteiger partial charge in [-0.3, -0.25) is 0 Å². The number of fused-ring (bicyclic) bond motifs is 1. The largest absolute Gasteiger partial charge is 0.307 e. The summed E-state index contributed by atoms with van der Waals surface area (Å²) in [5.74, 6) is 1.23. The fraction of sp³-hybridized carbons (Fsp3) is 0.200. The van der Waals surface area contributed by atoms with E-state index >= 15 is 0 Å². The van der Waals surface area contributed by atoms with E-state index in [9.17, 15) is 0 Å². The number of alkyl halides is 1. The first kappa shape index (κ1) is 13.6. The maximum absolute atomic E-state index is 6.03. The molecule has 0 saturated carbocycles. The molecule has 0 unspecified atom stereocenters. The van der Waals surface area contributed by atoms with E-state index in [2.05, 4.69) is 42.6 Å². The van der Waals surface area contributed by atoms with Gasteiger partial charge in [-0.1, -0.05) is 28.1 Å². The minimum atomic E-state index is 0.379. The van der Waals surface area contributed by atoms with Crippen LogP contribution in [-0.2, 0) is 12.4 Å². The molecule has 0 aliphatic carbocycles. The highest BCUT2D eigenvalue weighted by molar-refractivity contribution is 9.10. The Morgan fingerprint density at radius 3 is 2.90 bits per heavy atom. The molecule has 3 aromatic rings. The third-order valence-corrected chi connectivity index (χ3v) is 4.00. The molecule has 0 fully saturated rings. The lowest BCUT2D eigenvalue weighted by molar-refractivity contribution is 0.770. The van der Waals surface area contributed by atoms with Crippen LogP contribution in [0.25, 0.3) is 11.2 Å². The Labute approximate surface area is 130 Å². The van der Waals surface area contributed by atoms with E-state index in [-0.39, 0.29) is 0 Å². The summed E-state index contributed by atoms with van der Waals surface area (Å²) < 4.78 is 3.15. The third-order valence-electron chi connectivity index (χ3n) is 3.26. The van der Waals surface area contributed by atoms with Gasteiger partial charge in [-0.05, 0) is 36.2 Å². The monoisotopic (exact) mass is 349 g/mol. The number of aromatic nitrogens is 3. The van der Waals surface area contributed by atoms with Gasteiger partial charge in [-0.25, -0.2) is 9.97 Å². The number of rotatable bonds is 3. The Bertz CT molecular complexity index is 767. The highest BCUT2D eigenvalue weighted by Gasteiger charge is 2.13. The lowest BCUT2D eigenvalue weighted by atomic mass is 10.2. The standard InChI is InChI=1S/C15H13BrClN3/c1-10-5-6-18-15-14(10)19-13(8-17)20(15)9-11-3-2-4-12(16)7-11/h2-7H,8-9H2,1H3. The quantitative estimate of drug-likeness (QED) is 0.660. The summed E-state index contributed by atoms with van der Waals surface area (Å²) in [6.45, 7) is 2.76. The van der Waals surface area contributed by atoms with Crippen LogP contribution in [0, 0.1) is 6.92 Å². The number of nitrogens with zero attached hydrogens (tertiary/aromatic N) is 3. The van der Waals surface area contributed by atoms with Crippen LogP contribution in [0.1, 0.15) is 17.0 Å². The van der Waals surface area contributed by atoms with E-state index < -0.39 is 0 Å². The van der Waals surface area contributed by atoms with Crippen molar-refractivity contribution in [2.24, 2.45) is 0 Å². The Kier molecular flexibility index (Phi) is 3.76. The molecule has 102 valence electrons. The van der Waals surface area contributed by atoms with Crippen LogP contribution in [0.2, 0.25) is 0 Å². The van der Waals surface area contributed by atoms with Gasteiger partial charge in [0, 0.05) is 10.7 Å². The first-order chi connectivity index (χ1) is 9.69. The number of pyridine rings is 1. The predicted octanol–water partition coefficient (Wildman–Crippen LogP) is 4.29. The highest BCUT2D eigenvalue weighted by Crippen LogP contribution is 2.21. The summed E-state index contributed by atoms with van der Waals surface area (Å²) in [6.07, 6.45) is 1.81. The average molecular weight is 351 g/mol. The summed E-state index contributed by atoms with van der Waals surface area (Å²) in [6, 6.07) is 10.2. The first-order valence-corrected chi connectivity index (χ1v) is 7.63. The molecule has 0 bridgehead atoms. The summed E-state index contributed by atoms with van der Waals surface area (Å²) in [5.41, 5.74) is 4.13. The molecule has 0 aliphatic rings. The van der Waals surface area contributed by atoms with Crippen molar-refractivity contribution in [3.63, 3.8) is 0 Å². The van der Waals surface area contributed by atoms with Crippen LogP contribution in [0.4, 0.5) is 0 Å². The SMILES string of the molecule is Cc1ccnc2c1nc(CCl)n2Cc1cccc(Br)c1. The Hall–Kier alpha value is -1.39. The predicted molar refractivity (Wildman–Crippen MR) is 85.1 cm³/mol. The topological polar surface area (TPSA) is 30.7 Å². The van der Waals surface area contributed by atoms with Gasteiger partial charge in [0.15, 0.2) is 5.65 Å². The van der Waals surface area contributed by atoms with E-state index in [1.165, 1.54) is 5.56 Å². The van der Waals surface area contributed by atoms with Gasteiger partial charge in [-0.15, -0.1) is 11.6 Å². The molecule has 5 heteroatoms. The van der Waals surface area contributed by atoms with Gasteiger partial charge in [0.1, 0.15) is 11.3 Å². The number of imidazole rings is 1. The van der Waals surface area contributed by atoms with Gasteiger partial charge in [0.2, 0.25) is 0 Å². The molecule has 0 amide bonds. The fourth-order valence-corrected chi connectivity index (χ4v) is 2.92. The minimum Gasteiger partial charge on any atom is -0.307 e. The van der Waals surface area contributed by atoms with Crippen molar-refractivity contribution in [1.82, 2.24) is 14.5 Å². The van der Waals surface area contributed by atoms with Crippen molar-refractivity contribution in [3.05, 3.63) is 58.0 Å². The first-order valence-electron chi connectivity index (χ1n) is 6.30. The zero-order valence-electron chi connectivity index (χ0n) is 11.0. The van der Waals surface area contributed by atoms with Crippen molar-refractivity contribution < 1.29 is 0 Å². The second-order valence-electron chi connectivity index (χ2n) is 4.68. The number of halogens is 2. The summed E-state index contributed by atoms with van der Waals surface area (Å²) in [5, 5.41) is 0. The van der Waals surface area contributed by atoms with Crippen molar-refractivity contribution >= 4 is 38.7 Å². The molecular weight excluding hydrogens is 338 g/mol. The molecular formula is C15H13BrClN3. The second kappa shape index (κ2) is 5.54. The van der Waals surface area contributed by atoms with Crippen LogP contribution in [0.5, 0.6) is 0 Å². The summed E-state index contributed by atoms with van der Waals surface area (Å²) >= 11 is 9.53. The van der Waals surface area contributed by atoms with E-state index in [0.717, 1.165) is 27.0 Å². The van der Waals surface area contributed by atoms with Gasteiger partial charge in [-0.2, -0.15) is 0 Å². The number of benzene rings is 1. The number of hydrogen-bond donors (Lipinski definition) is 0. The normalized spacial score (nSPS) is 11.2. The highest BCUT2D eigenvalue weighted by atomic mass is 79.9. The number of aryl methyl sites for hydroxylation is 1. The minimum absolute atomic E-state index is 0.379. The molecule has 3 rings (SSSR count). The Morgan fingerprint density at radius 2 is 2.15 bits per heavy atom. The lowest BCUT2D eigenvalue weighted by Crippen LogP contribution is -2.04. The molecule has 20 heavy (non-hydrogen) atoms. The molecule has 0 atom stereocenters. The maximum atomic E-state index is 6.03. The van der Waals surface area contributed by atoms with Crippen LogP contribution in [0.3, 0.4) is 0 Å². The van der Waals surface area contributed by atoms with Gasteiger partial charge >= 0.3 is 0 Å². The van der Waals surface area contributed by atoms with Gasteiger partial charge in [0.05, 0.1) is 12.4 Å². The summed E-state index contributed by atoms with van der Waals surface area (Å²) in [4.78, 5) is 9.07. The number of hydrogen-bond acceptors (Lipinski definition) is 2. The second-order valence-corrected chi connectivity index (χ2v) is 5.86. The third kappa shape index (κ3) is 2.45. The van der Waals surface area contributed by atoms with Crippen molar-refractivity contribution in [2.75, 3.05) is 0 Å². The molecule has 0 radical (unpaired) electrons. The van der Waals surface area contributed by atoms with Crippen LogP contribution in [-0.4, -0.2) is 14.5 Å². The molecule has 0 N–H and O–H groups in total. The maximum Gasteiger partial charge on any atom is 0.160 e. The van der Waals surface area contributed by atoms with E-state index in [1.807, 2.05) is 31.3 Å². The molecule has 0 saturated heterocycles. The van der Waals surface area contributed by atoms with Gasteiger partial charge < -0.3 is 4.57 Å². The van der Waals surface area contributed by atoms with Gasteiger partial charge in [0.25, 0.3) is 0 Å². The smallest absolute Gasteiger partial charge is 0.160 e. The van der Waals surface area contributed by atoms with Crippen LogP contribution >= 0.6 is 27.5 Å². The molecule has 1 aromatic carbocycles. The molecule has 2 aromatic heterocycles. The zero-order chi connectivity index (χ0) is 14.1. The molecule has 2 heterocycles. The van der Waals surface area contributed by atoms with Crippen molar-refractivity contribution in [1.29, 1.82) is 0 Å². The molecule has 0 spiro atoms. The van der Waals surface area contributed by atoms with E-state index in [1.54, 1.807) is 0 Å². The van der Waals surface area contributed by atoms with E-state index in [4.69, 9.17) is 11.6 Å². The Morgan fingerprint density at radius 1 is 1.30 bits per heavy atom.